The number of benzene rings is 1. The molecule has 2 unspecified atom stereocenters. The number of hydrogen-bond acceptors (Lipinski definition) is 2. The lowest BCUT2D eigenvalue weighted by Gasteiger charge is -2.28. The van der Waals surface area contributed by atoms with E-state index < -0.39 is 0 Å². The van der Waals surface area contributed by atoms with Gasteiger partial charge in [-0.25, -0.2) is 0 Å². The monoisotopic (exact) mass is 290 g/mol. The third kappa shape index (κ3) is 7.10. The summed E-state index contributed by atoms with van der Waals surface area (Å²) in [6, 6.07) is 11.5. The fourth-order valence-corrected chi connectivity index (χ4v) is 2.96. The van der Waals surface area contributed by atoms with E-state index >= 15 is 0 Å². The van der Waals surface area contributed by atoms with Crippen molar-refractivity contribution in [2.75, 3.05) is 27.2 Å². The van der Waals surface area contributed by atoms with Crippen LogP contribution in [-0.2, 0) is 0 Å². The summed E-state index contributed by atoms with van der Waals surface area (Å²) in [7, 11) is 4.32. The van der Waals surface area contributed by atoms with Crippen molar-refractivity contribution in [3.63, 3.8) is 0 Å². The Morgan fingerprint density at radius 1 is 1.00 bits per heavy atom. The van der Waals surface area contributed by atoms with Crippen LogP contribution in [0, 0.1) is 11.8 Å². The van der Waals surface area contributed by atoms with Crippen LogP contribution in [0.4, 0.5) is 0 Å². The van der Waals surface area contributed by atoms with Crippen molar-refractivity contribution in [1.82, 2.24) is 10.2 Å². The molecule has 0 radical (unpaired) electrons. The Morgan fingerprint density at radius 2 is 1.62 bits per heavy atom. The maximum absolute atomic E-state index is 3.82. The number of rotatable bonds is 9. The number of nitrogens with one attached hydrogen (secondary N) is 1. The van der Waals surface area contributed by atoms with Crippen molar-refractivity contribution < 1.29 is 0 Å². The van der Waals surface area contributed by atoms with Crippen LogP contribution in [0.5, 0.6) is 0 Å². The van der Waals surface area contributed by atoms with Gasteiger partial charge in [0.15, 0.2) is 0 Å². The Morgan fingerprint density at radius 3 is 2.10 bits per heavy atom. The summed E-state index contributed by atoms with van der Waals surface area (Å²) in [6.45, 7) is 11.4. The molecule has 2 atom stereocenters. The average molecular weight is 290 g/mol. The minimum absolute atomic E-state index is 0.574. The normalized spacial score (nSPS) is 14.9. The highest BCUT2D eigenvalue weighted by Crippen LogP contribution is 2.23. The Balaban J connectivity index is 2.65. The molecule has 0 saturated heterocycles. The van der Waals surface area contributed by atoms with Crippen molar-refractivity contribution in [2.24, 2.45) is 11.8 Å². The van der Waals surface area contributed by atoms with Gasteiger partial charge in [-0.2, -0.15) is 0 Å². The highest BCUT2D eigenvalue weighted by molar-refractivity contribution is 5.20. The van der Waals surface area contributed by atoms with Crippen molar-refractivity contribution >= 4 is 0 Å². The highest BCUT2D eigenvalue weighted by atomic mass is 15.1. The summed E-state index contributed by atoms with van der Waals surface area (Å²) in [5, 5.41) is 3.82. The van der Waals surface area contributed by atoms with Crippen LogP contribution < -0.4 is 5.32 Å². The number of nitrogens with zero attached hydrogens (tertiary/aromatic N) is 1. The molecule has 120 valence electrons. The Kier molecular flexibility index (Phi) is 7.98. The van der Waals surface area contributed by atoms with E-state index in [1.165, 1.54) is 12.0 Å². The third-order valence-corrected chi connectivity index (χ3v) is 4.00. The lowest BCUT2D eigenvalue weighted by atomic mass is 9.88. The Bertz CT molecular complexity index is 360. The summed E-state index contributed by atoms with van der Waals surface area (Å²) in [5.41, 5.74) is 1.45. The molecular weight excluding hydrogens is 256 g/mol. The molecule has 0 saturated carbocycles. The van der Waals surface area contributed by atoms with Crippen LogP contribution in [0.2, 0.25) is 0 Å². The average Bonchev–Trinajstić information content (AvgIpc) is 2.38. The van der Waals surface area contributed by atoms with Crippen LogP contribution >= 0.6 is 0 Å². The van der Waals surface area contributed by atoms with Crippen LogP contribution in [0.25, 0.3) is 0 Å². The topological polar surface area (TPSA) is 15.3 Å². The van der Waals surface area contributed by atoms with E-state index in [1.54, 1.807) is 0 Å². The van der Waals surface area contributed by atoms with Gasteiger partial charge in [0.05, 0.1) is 0 Å². The molecule has 0 bridgehead atoms. The molecule has 0 amide bonds. The molecule has 0 fully saturated rings. The molecule has 0 heterocycles. The van der Waals surface area contributed by atoms with Gasteiger partial charge in [0.1, 0.15) is 0 Å². The summed E-state index contributed by atoms with van der Waals surface area (Å²) >= 11 is 0. The molecule has 2 heteroatoms. The van der Waals surface area contributed by atoms with Crippen LogP contribution in [0.1, 0.15) is 45.6 Å². The maximum Gasteiger partial charge on any atom is 0.0197 e. The van der Waals surface area contributed by atoms with E-state index in [0.29, 0.717) is 17.9 Å². The first-order valence-corrected chi connectivity index (χ1v) is 8.33. The summed E-state index contributed by atoms with van der Waals surface area (Å²) in [6.07, 6.45) is 1.23. The van der Waals surface area contributed by atoms with Crippen molar-refractivity contribution in [2.45, 2.75) is 46.1 Å². The van der Waals surface area contributed by atoms with Gasteiger partial charge >= 0.3 is 0 Å². The van der Waals surface area contributed by atoms with E-state index in [2.05, 4.69) is 82.3 Å². The highest BCUT2D eigenvalue weighted by Gasteiger charge is 2.18. The number of hydrogen-bond donors (Lipinski definition) is 1. The van der Waals surface area contributed by atoms with Gasteiger partial charge in [0, 0.05) is 19.1 Å². The molecule has 0 aliphatic rings. The zero-order chi connectivity index (χ0) is 15.8. The van der Waals surface area contributed by atoms with Gasteiger partial charge in [-0.1, -0.05) is 58.0 Å². The summed E-state index contributed by atoms with van der Waals surface area (Å²) in [4.78, 5) is 2.28. The lowest BCUT2D eigenvalue weighted by molar-refractivity contribution is 0.295. The first kappa shape index (κ1) is 18.2. The molecule has 1 N–H and O–H groups in total. The number of likely N-dealkylation sites (N-methyl/N-ethyl adjacent to an activating group) is 1. The third-order valence-electron chi connectivity index (χ3n) is 4.00. The zero-order valence-electron chi connectivity index (χ0n) is 14.8. The zero-order valence-corrected chi connectivity index (χ0v) is 14.8. The minimum atomic E-state index is 0.574. The van der Waals surface area contributed by atoms with Gasteiger partial charge in [-0.05, 0) is 43.8 Å². The minimum Gasteiger partial charge on any atom is -0.312 e. The van der Waals surface area contributed by atoms with Crippen LogP contribution in [0.3, 0.4) is 0 Å². The van der Waals surface area contributed by atoms with Gasteiger partial charge in [-0.3, -0.25) is 0 Å². The molecule has 0 aliphatic heterocycles. The molecule has 0 aliphatic carbocycles. The second-order valence-corrected chi connectivity index (χ2v) is 7.26. The van der Waals surface area contributed by atoms with Crippen LogP contribution in [-0.4, -0.2) is 38.1 Å². The van der Waals surface area contributed by atoms with Crippen molar-refractivity contribution in [3.8, 4) is 0 Å². The van der Waals surface area contributed by atoms with E-state index in [1.807, 2.05) is 0 Å². The molecule has 0 spiro atoms. The van der Waals surface area contributed by atoms with Gasteiger partial charge < -0.3 is 10.2 Å². The van der Waals surface area contributed by atoms with Crippen LogP contribution in [0.15, 0.2) is 30.3 Å². The predicted octanol–water partition coefficient (Wildman–Crippen LogP) is 3.99. The summed E-state index contributed by atoms with van der Waals surface area (Å²) < 4.78 is 0. The standard InChI is InChI=1S/C19H34N2/c1-15(2)12-18(14-21(5)6)20-13-19(16(3)4)17-10-8-7-9-11-17/h7-11,15-16,18-20H,12-14H2,1-6H3. The maximum atomic E-state index is 3.82. The lowest BCUT2D eigenvalue weighted by Crippen LogP contribution is -2.41. The van der Waals surface area contributed by atoms with E-state index in [9.17, 15) is 0 Å². The fraction of sp³-hybridized carbons (Fsp3) is 0.684. The van der Waals surface area contributed by atoms with Crippen molar-refractivity contribution in [1.29, 1.82) is 0 Å². The smallest absolute Gasteiger partial charge is 0.0197 e. The second kappa shape index (κ2) is 9.22. The molecular formula is C19H34N2. The predicted molar refractivity (Wildman–Crippen MR) is 93.8 cm³/mol. The van der Waals surface area contributed by atoms with Gasteiger partial charge in [0.25, 0.3) is 0 Å². The molecule has 1 aromatic rings. The SMILES string of the molecule is CC(C)CC(CN(C)C)NCC(c1ccccc1)C(C)C. The Labute approximate surface area is 131 Å². The molecule has 0 aromatic heterocycles. The molecule has 2 nitrogen and oxygen atoms in total. The largest absolute Gasteiger partial charge is 0.312 e. The van der Waals surface area contributed by atoms with E-state index in [4.69, 9.17) is 0 Å². The first-order chi connectivity index (χ1) is 9.90. The molecule has 1 aromatic carbocycles. The van der Waals surface area contributed by atoms with Gasteiger partial charge in [-0.15, -0.1) is 0 Å². The molecule has 1 rings (SSSR count). The van der Waals surface area contributed by atoms with E-state index in [0.717, 1.165) is 19.0 Å². The Hall–Kier alpha value is -0.860. The molecule has 21 heavy (non-hydrogen) atoms. The van der Waals surface area contributed by atoms with Crippen molar-refractivity contribution in [3.05, 3.63) is 35.9 Å². The van der Waals surface area contributed by atoms with Gasteiger partial charge in [0.2, 0.25) is 0 Å². The first-order valence-electron chi connectivity index (χ1n) is 8.33. The fourth-order valence-electron chi connectivity index (χ4n) is 2.96. The second-order valence-electron chi connectivity index (χ2n) is 7.26. The quantitative estimate of drug-likeness (QED) is 0.739. The summed E-state index contributed by atoms with van der Waals surface area (Å²) in [5.74, 6) is 1.97. The van der Waals surface area contributed by atoms with E-state index in [-0.39, 0.29) is 0 Å².